The second-order valence-electron chi connectivity index (χ2n) is 2.97. The molecule has 3 nitrogen and oxygen atoms in total. The number of methoxy groups -OCH3 is 1. The minimum absolute atomic E-state index is 0.343. The molecule has 0 aliphatic carbocycles. The van der Waals surface area contributed by atoms with Crippen LogP contribution < -0.4 is 4.74 Å². The third kappa shape index (κ3) is 2.77. The Morgan fingerprint density at radius 2 is 2.12 bits per heavy atom. The normalized spacial score (nSPS) is 10.0. The maximum absolute atomic E-state index is 11.8. The van der Waals surface area contributed by atoms with Crippen LogP contribution in [0.15, 0.2) is 16.6 Å². The molecule has 0 atom stereocenters. The fourth-order valence-electron chi connectivity index (χ4n) is 1.34. The standard InChI is InChI=1S/C11H12Br2O3/c1-3-16-11(14)9-7(6-12)4-5-8(13)10(9)15-2/h4-5H,3,6H2,1-2H3. The summed E-state index contributed by atoms with van der Waals surface area (Å²) in [6, 6.07) is 3.70. The molecule has 0 spiro atoms. The molecule has 0 saturated carbocycles. The topological polar surface area (TPSA) is 35.5 Å². The number of hydrogen-bond donors (Lipinski definition) is 0. The molecule has 0 amide bonds. The molecule has 0 aliphatic rings. The number of alkyl halides is 1. The molecule has 16 heavy (non-hydrogen) atoms. The summed E-state index contributed by atoms with van der Waals surface area (Å²) in [7, 11) is 1.53. The Labute approximate surface area is 111 Å². The van der Waals surface area contributed by atoms with Crippen molar-refractivity contribution in [2.45, 2.75) is 12.3 Å². The number of halogens is 2. The van der Waals surface area contributed by atoms with E-state index in [1.807, 2.05) is 12.1 Å². The Morgan fingerprint density at radius 3 is 2.62 bits per heavy atom. The van der Waals surface area contributed by atoms with E-state index in [4.69, 9.17) is 9.47 Å². The third-order valence-electron chi connectivity index (χ3n) is 2.02. The first-order valence-corrected chi connectivity index (χ1v) is 6.65. The van der Waals surface area contributed by atoms with E-state index in [9.17, 15) is 4.79 Å². The van der Waals surface area contributed by atoms with Crippen LogP contribution in [0.4, 0.5) is 0 Å². The van der Waals surface area contributed by atoms with E-state index >= 15 is 0 Å². The van der Waals surface area contributed by atoms with Gasteiger partial charge in [0, 0.05) is 5.33 Å². The quantitative estimate of drug-likeness (QED) is 0.615. The number of hydrogen-bond acceptors (Lipinski definition) is 3. The molecule has 0 heterocycles. The minimum atomic E-state index is -0.366. The van der Waals surface area contributed by atoms with Gasteiger partial charge in [0.25, 0.3) is 0 Å². The first-order chi connectivity index (χ1) is 7.65. The number of carbonyl (C=O) groups is 1. The van der Waals surface area contributed by atoms with Crippen LogP contribution in [0.2, 0.25) is 0 Å². The zero-order valence-corrected chi connectivity index (χ0v) is 12.2. The predicted octanol–water partition coefficient (Wildman–Crippen LogP) is 3.53. The van der Waals surface area contributed by atoms with Crippen molar-refractivity contribution in [3.8, 4) is 5.75 Å². The molecule has 0 fully saturated rings. The van der Waals surface area contributed by atoms with Gasteiger partial charge in [0.2, 0.25) is 0 Å². The van der Waals surface area contributed by atoms with E-state index in [2.05, 4.69) is 31.9 Å². The van der Waals surface area contributed by atoms with E-state index in [1.165, 1.54) is 7.11 Å². The van der Waals surface area contributed by atoms with Gasteiger partial charge in [-0.15, -0.1) is 0 Å². The van der Waals surface area contributed by atoms with Gasteiger partial charge in [-0.3, -0.25) is 0 Å². The zero-order chi connectivity index (χ0) is 12.1. The summed E-state index contributed by atoms with van der Waals surface area (Å²) in [5, 5.41) is 0.574. The van der Waals surface area contributed by atoms with E-state index in [0.29, 0.717) is 23.2 Å². The van der Waals surface area contributed by atoms with Crippen LogP contribution in [-0.4, -0.2) is 19.7 Å². The average molecular weight is 352 g/mol. The van der Waals surface area contributed by atoms with Crippen LogP contribution in [0.3, 0.4) is 0 Å². The fraction of sp³-hybridized carbons (Fsp3) is 0.364. The second-order valence-corrected chi connectivity index (χ2v) is 4.38. The molecule has 0 aromatic heterocycles. The van der Waals surface area contributed by atoms with Gasteiger partial charge >= 0.3 is 5.97 Å². The summed E-state index contributed by atoms with van der Waals surface area (Å²) in [5.74, 6) is 0.144. The predicted molar refractivity (Wildman–Crippen MR) is 69.3 cm³/mol. The molecule has 0 unspecified atom stereocenters. The summed E-state index contributed by atoms with van der Waals surface area (Å²) in [6.07, 6.45) is 0. The first kappa shape index (κ1) is 13.5. The Kier molecular flexibility index (Phi) is 5.28. The lowest BCUT2D eigenvalue weighted by Gasteiger charge is -2.13. The first-order valence-electron chi connectivity index (χ1n) is 4.74. The lowest BCUT2D eigenvalue weighted by molar-refractivity contribution is 0.0521. The Hall–Kier alpha value is -0.550. The lowest BCUT2D eigenvalue weighted by atomic mass is 10.1. The van der Waals surface area contributed by atoms with E-state index in [0.717, 1.165) is 10.0 Å². The zero-order valence-electron chi connectivity index (χ0n) is 9.05. The van der Waals surface area contributed by atoms with Crippen molar-refractivity contribution in [3.63, 3.8) is 0 Å². The molecule has 0 saturated heterocycles. The van der Waals surface area contributed by atoms with Crippen molar-refractivity contribution in [2.75, 3.05) is 13.7 Å². The maximum Gasteiger partial charge on any atom is 0.342 e. The Bertz CT molecular complexity index is 391. The SMILES string of the molecule is CCOC(=O)c1c(CBr)ccc(Br)c1OC. The highest BCUT2D eigenvalue weighted by Crippen LogP contribution is 2.33. The van der Waals surface area contributed by atoms with Crippen molar-refractivity contribution < 1.29 is 14.3 Å². The van der Waals surface area contributed by atoms with Gasteiger partial charge in [0.05, 0.1) is 18.2 Å². The summed E-state index contributed by atoms with van der Waals surface area (Å²) in [4.78, 5) is 11.8. The monoisotopic (exact) mass is 350 g/mol. The van der Waals surface area contributed by atoms with Crippen molar-refractivity contribution in [1.82, 2.24) is 0 Å². The molecular weight excluding hydrogens is 340 g/mol. The number of carbonyl (C=O) groups excluding carboxylic acids is 1. The van der Waals surface area contributed by atoms with Crippen LogP contribution in [0.1, 0.15) is 22.8 Å². The fourth-order valence-corrected chi connectivity index (χ4v) is 2.30. The van der Waals surface area contributed by atoms with Crippen molar-refractivity contribution >= 4 is 37.8 Å². The molecular formula is C11H12Br2O3. The van der Waals surface area contributed by atoms with Gasteiger partial charge < -0.3 is 9.47 Å². The summed E-state index contributed by atoms with van der Waals surface area (Å²) >= 11 is 6.68. The summed E-state index contributed by atoms with van der Waals surface area (Å²) in [6.45, 7) is 2.12. The van der Waals surface area contributed by atoms with Crippen LogP contribution in [0.25, 0.3) is 0 Å². The summed E-state index contributed by atoms with van der Waals surface area (Å²) < 4.78 is 11.0. The number of ether oxygens (including phenoxy) is 2. The maximum atomic E-state index is 11.8. The largest absolute Gasteiger partial charge is 0.495 e. The highest BCUT2D eigenvalue weighted by atomic mass is 79.9. The molecule has 0 aliphatic heterocycles. The summed E-state index contributed by atoms with van der Waals surface area (Å²) in [5.41, 5.74) is 1.31. The highest BCUT2D eigenvalue weighted by Gasteiger charge is 2.20. The van der Waals surface area contributed by atoms with Crippen LogP contribution in [0, 0.1) is 0 Å². The van der Waals surface area contributed by atoms with E-state index < -0.39 is 0 Å². The third-order valence-corrected chi connectivity index (χ3v) is 3.25. The van der Waals surface area contributed by atoms with Gasteiger partial charge in [-0.1, -0.05) is 22.0 Å². The number of benzene rings is 1. The molecule has 0 bridgehead atoms. The minimum Gasteiger partial charge on any atom is -0.495 e. The average Bonchev–Trinajstić information content (AvgIpc) is 2.28. The van der Waals surface area contributed by atoms with E-state index in [1.54, 1.807) is 6.92 Å². The van der Waals surface area contributed by atoms with Gasteiger partial charge in [-0.25, -0.2) is 4.79 Å². The van der Waals surface area contributed by atoms with Gasteiger partial charge in [-0.2, -0.15) is 0 Å². The Balaban J connectivity index is 3.30. The number of rotatable bonds is 4. The smallest absolute Gasteiger partial charge is 0.342 e. The molecule has 1 aromatic carbocycles. The Morgan fingerprint density at radius 1 is 1.44 bits per heavy atom. The molecule has 5 heteroatoms. The lowest BCUT2D eigenvalue weighted by Crippen LogP contribution is -2.10. The van der Waals surface area contributed by atoms with Gasteiger partial charge in [0.15, 0.2) is 0 Å². The van der Waals surface area contributed by atoms with Crippen molar-refractivity contribution in [2.24, 2.45) is 0 Å². The molecule has 1 rings (SSSR count). The number of esters is 1. The second kappa shape index (κ2) is 6.25. The van der Waals surface area contributed by atoms with Crippen molar-refractivity contribution in [1.29, 1.82) is 0 Å². The highest BCUT2D eigenvalue weighted by molar-refractivity contribution is 9.10. The van der Waals surface area contributed by atoms with Crippen LogP contribution in [0.5, 0.6) is 5.75 Å². The van der Waals surface area contributed by atoms with Crippen LogP contribution in [-0.2, 0) is 10.1 Å². The molecule has 0 radical (unpaired) electrons. The van der Waals surface area contributed by atoms with Gasteiger partial charge in [-0.05, 0) is 34.5 Å². The van der Waals surface area contributed by atoms with Gasteiger partial charge in [0.1, 0.15) is 11.3 Å². The van der Waals surface area contributed by atoms with E-state index in [-0.39, 0.29) is 5.97 Å². The van der Waals surface area contributed by atoms with Crippen LogP contribution >= 0.6 is 31.9 Å². The molecule has 1 aromatic rings. The van der Waals surface area contributed by atoms with Crippen molar-refractivity contribution in [3.05, 3.63) is 27.7 Å². The molecule has 0 N–H and O–H groups in total. The molecule has 88 valence electrons.